The maximum Gasteiger partial charge on any atom is 0.163 e. The molecular formula is C13H12N4O. The number of benzene rings is 1. The van der Waals surface area contributed by atoms with E-state index in [1.165, 1.54) is 11.9 Å². The van der Waals surface area contributed by atoms with Gasteiger partial charge in [0, 0.05) is 0 Å². The van der Waals surface area contributed by atoms with Crippen LogP contribution in [0.15, 0.2) is 43.1 Å². The van der Waals surface area contributed by atoms with Gasteiger partial charge in [0.25, 0.3) is 0 Å². The first-order chi connectivity index (χ1) is 8.86. The number of fused-ring (bicyclic) bond motifs is 1. The lowest BCUT2D eigenvalue weighted by atomic mass is 10.2. The van der Waals surface area contributed by atoms with E-state index in [9.17, 15) is 0 Å². The van der Waals surface area contributed by atoms with E-state index >= 15 is 0 Å². The molecule has 0 radical (unpaired) electrons. The first-order valence-corrected chi connectivity index (χ1v) is 5.60. The molecule has 3 rings (SSSR count). The number of nitrogens with zero attached hydrogens (tertiary/aromatic N) is 4. The number of rotatable bonds is 3. The molecule has 2 heterocycles. The molecule has 0 aliphatic heterocycles. The summed E-state index contributed by atoms with van der Waals surface area (Å²) in [7, 11) is 1.66. The lowest BCUT2D eigenvalue weighted by Gasteiger charge is -2.05. The van der Waals surface area contributed by atoms with Crippen LogP contribution in [0, 0.1) is 0 Å². The van der Waals surface area contributed by atoms with Gasteiger partial charge in [-0.05, 0) is 17.7 Å². The van der Waals surface area contributed by atoms with E-state index in [1.807, 2.05) is 28.8 Å². The standard InChI is InChI=1S/C13H12N4O/c1-18-11-4-2-10(3-5-11)7-17-9-16-12-6-14-8-15-13(12)17/h2-6,8-9H,7H2,1H3. The van der Waals surface area contributed by atoms with Crippen LogP contribution in [0.4, 0.5) is 0 Å². The minimum absolute atomic E-state index is 0.734. The Kier molecular flexibility index (Phi) is 2.64. The van der Waals surface area contributed by atoms with Crippen LogP contribution >= 0.6 is 0 Å². The quantitative estimate of drug-likeness (QED) is 0.701. The summed E-state index contributed by atoms with van der Waals surface area (Å²) >= 11 is 0. The van der Waals surface area contributed by atoms with E-state index in [1.54, 1.807) is 19.6 Å². The summed E-state index contributed by atoms with van der Waals surface area (Å²) in [4.78, 5) is 12.4. The minimum atomic E-state index is 0.734. The Morgan fingerprint density at radius 3 is 2.78 bits per heavy atom. The fourth-order valence-corrected chi connectivity index (χ4v) is 1.86. The molecule has 0 aliphatic carbocycles. The van der Waals surface area contributed by atoms with Crippen molar-refractivity contribution >= 4 is 11.2 Å². The van der Waals surface area contributed by atoms with E-state index < -0.39 is 0 Å². The smallest absolute Gasteiger partial charge is 0.163 e. The molecule has 0 amide bonds. The van der Waals surface area contributed by atoms with Crippen LogP contribution in [0.5, 0.6) is 5.75 Å². The van der Waals surface area contributed by atoms with E-state index in [2.05, 4.69) is 15.0 Å². The Bertz CT molecular complexity index is 660. The number of aromatic nitrogens is 4. The second-order valence-corrected chi connectivity index (χ2v) is 3.95. The van der Waals surface area contributed by atoms with Crippen molar-refractivity contribution in [1.29, 1.82) is 0 Å². The molecule has 0 saturated heterocycles. The normalized spacial score (nSPS) is 10.7. The predicted molar refractivity (Wildman–Crippen MR) is 67.4 cm³/mol. The zero-order chi connectivity index (χ0) is 12.4. The molecule has 0 atom stereocenters. The summed E-state index contributed by atoms with van der Waals surface area (Å²) in [6.45, 7) is 0.734. The first-order valence-electron chi connectivity index (χ1n) is 5.60. The highest BCUT2D eigenvalue weighted by molar-refractivity contribution is 5.68. The van der Waals surface area contributed by atoms with Crippen LogP contribution in [-0.4, -0.2) is 26.6 Å². The van der Waals surface area contributed by atoms with Gasteiger partial charge >= 0.3 is 0 Å². The molecular weight excluding hydrogens is 228 g/mol. The van der Waals surface area contributed by atoms with Crippen LogP contribution in [0.25, 0.3) is 11.2 Å². The molecule has 1 aromatic carbocycles. The molecule has 0 N–H and O–H groups in total. The van der Waals surface area contributed by atoms with Gasteiger partial charge < -0.3 is 9.30 Å². The lowest BCUT2D eigenvalue weighted by molar-refractivity contribution is 0.414. The average molecular weight is 240 g/mol. The maximum atomic E-state index is 5.13. The van der Waals surface area contributed by atoms with Crippen molar-refractivity contribution in [3.05, 3.63) is 48.7 Å². The van der Waals surface area contributed by atoms with Crippen LogP contribution in [0.3, 0.4) is 0 Å². The number of methoxy groups -OCH3 is 1. The van der Waals surface area contributed by atoms with E-state index in [-0.39, 0.29) is 0 Å². The molecule has 2 aromatic heterocycles. The van der Waals surface area contributed by atoms with Gasteiger partial charge in [-0.25, -0.2) is 15.0 Å². The monoisotopic (exact) mass is 240 g/mol. The van der Waals surface area contributed by atoms with Gasteiger partial charge in [0.2, 0.25) is 0 Å². The van der Waals surface area contributed by atoms with Crippen molar-refractivity contribution in [2.45, 2.75) is 6.54 Å². The Morgan fingerprint density at radius 2 is 2.00 bits per heavy atom. The van der Waals surface area contributed by atoms with Gasteiger partial charge in [0.05, 0.1) is 26.2 Å². The summed E-state index contributed by atoms with van der Waals surface area (Å²) in [5, 5.41) is 0. The summed E-state index contributed by atoms with van der Waals surface area (Å²) in [6, 6.07) is 7.96. The summed E-state index contributed by atoms with van der Waals surface area (Å²) in [5.41, 5.74) is 2.83. The number of hydrogen-bond acceptors (Lipinski definition) is 4. The van der Waals surface area contributed by atoms with Crippen molar-refractivity contribution in [2.24, 2.45) is 0 Å². The van der Waals surface area contributed by atoms with Crippen molar-refractivity contribution in [2.75, 3.05) is 7.11 Å². The fourth-order valence-electron chi connectivity index (χ4n) is 1.86. The maximum absolute atomic E-state index is 5.13. The number of ether oxygens (including phenoxy) is 1. The molecule has 0 unspecified atom stereocenters. The highest BCUT2D eigenvalue weighted by Gasteiger charge is 2.04. The molecule has 5 nitrogen and oxygen atoms in total. The summed E-state index contributed by atoms with van der Waals surface area (Å²) in [6.07, 6.45) is 5.03. The van der Waals surface area contributed by atoms with Gasteiger partial charge in [-0.15, -0.1) is 0 Å². The summed E-state index contributed by atoms with van der Waals surface area (Å²) in [5.74, 6) is 0.858. The van der Waals surface area contributed by atoms with Crippen molar-refractivity contribution < 1.29 is 4.74 Å². The Balaban J connectivity index is 1.91. The lowest BCUT2D eigenvalue weighted by Crippen LogP contribution is -1.99. The Labute approximate surface area is 104 Å². The van der Waals surface area contributed by atoms with Crippen LogP contribution < -0.4 is 4.74 Å². The topological polar surface area (TPSA) is 52.8 Å². The molecule has 0 fully saturated rings. The third-order valence-corrected chi connectivity index (χ3v) is 2.79. The Hall–Kier alpha value is -2.43. The number of hydrogen-bond donors (Lipinski definition) is 0. The highest BCUT2D eigenvalue weighted by Crippen LogP contribution is 2.14. The number of imidazole rings is 1. The minimum Gasteiger partial charge on any atom is -0.497 e. The van der Waals surface area contributed by atoms with Crippen LogP contribution in [-0.2, 0) is 6.54 Å². The van der Waals surface area contributed by atoms with Gasteiger partial charge in [0.15, 0.2) is 5.65 Å². The molecule has 0 saturated carbocycles. The average Bonchev–Trinajstić information content (AvgIpc) is 2.83. The first kappa shape index (κ1) is 10.7. The van der Waals surface area contributed by atoms with Gasteiger partial charge in [-0.2, -0.15) is 0 Å². The highest BCUT2D eigenvalue weighted by atomic mass is 16.5. The molecule has 0 bridgehead atoms. The van der Waals surface area contributed by atoms with Gasteiger partial charge in [-0.1, -0.05) is 12.1 Å². The third-order valence-electron chi connectivity index (χ3n) is 2.79. The molecule has 3 aromatic rings. The van der Waals surface area contributed by atoms with Crippen molar-refractivity contribution in [3.63, 3.8) is 0 Å². The van der Waals surface area contributed by atoms with Crippen molar-refractivity contribution in [3.8, 4) is 5.75 Å². The zero-order valence-corrected chi connectivity index (χ0v) is 9.95. The van der Waals surface area contributed by atoms with Gasteiger partial charge in [-0.3, -0.25) is 0 Å². The molecule has 0 aliphatic rings. The van der Waals surface area contributed by atoms with E-state index in [4.69, 9.17) is 4.74 Å². The largest absolute Gasteiger partial charge is 0.497 e. The fraction of sp³-hybridized carbons (Fsp3) is 0.154. The zero-order valence-electron chi connectivity index (χ0n) is 9.95. The van der Waals surface area contributed by atoms with Crippen LogP contribution in [0.1, 0.15) is 5.56 Å². The van der Waals surface area contributed by atoms with E-state index in [0.29, 0.717) is 0 Å². The Morgan fingerprint density at radius 1 is 1.17 bits per heavy atom. The molecule has 18 heavy (non-hydrogen) atoms. The van der Waals surface area contributed by atoms with E-state index in [0.717, 1.165) is 23.5 Å². The van der Waals surface area contributed by atoms with Crippen molar-refractivity contribution in [1.82, 2.24) is 19.5 Å². The molecule has 0 spiro atoms. The van der Waals surface area contributed by atoms with Crippen LogP contribution in [0.2, 0.25) is 0 Å². The van der Waals surface area contributed by atoms with Gasteiger partial charge in [0.1, 0.15) is 17.6 Å². The predicted octanol–water partition coefficient (Wildman–Crippen LogP) is 1.88. The molecule has 90 valence electrons. The second kappa shape index (κ2) is 4.44. The third kappa shape index (κ3) is 1.90. The SMILES string of the molecule is COc1ccc(Cn2cnc3cncnc32)cc1. The second-order valence-electron chi connectivity index (χ2n) is 3.95. The summed E-state index contributed by atoms with van der Waals surface area (Å²) < 4.78 is 7.13. The molecule has 5 heteroatoms.